The van der Waals surface area contributed by atoms with Crippen molar-refractivity contribution in [2.24, 2.45) is 0 Å². The first-order valence-electron chi connectivity index (χ1n) is 13.1. The van der Waals surface area contributed by atoms with Crippen molar-refractivity contribution >= 4 is 57.1 Å². The Balaban J connectivity index is 1.62. The number of para-hydroxylation sites is 1. The molecule has 3 heterocycles. The Morgan fingerprint density at radius 2 is 1.85 bits per heavy atom. The van der Waals surface area contributed by atoms with Crippen molar-refractivity contribution in [3.63, 3.8) is 0 Å². The number of pyridine rings is 2. The van der Waals surface area contributed by atoms with Gasteiger partial charge in [-0.15, -0.1) is 0 Å². The van der Waals surface area contributed by atoms with Crippen molar-refractivity contribution in [3.8, 4) is 22.8 Å². The molecule has 0 saturated carbocycles. The second kappa shape index (κ2) is 11.9. The molecule has 5 rings (SSSR count). The quantitative estimate of drug-likeness (QED) is 0.197. The summed E-state index contributed by atoms with van der Waals surface area (Å²) in [6.45, 7) is 7.38. The van der Waals surface area contributed by atoms with Gasteiger partial charge in [-0.05, 0) is 43.3 Å². The average molecular weight is 593 g/mol. The highest BCUT2D eigenvalue weighted by molar-refractivity contribution is 6.41. The van der Waals surface area contributed by atoms with Crippen LogP contribution in [0, 0.1) is 6.92 Å². The lowest BCUT2D eigenvalue weighted by Crippen LogP contribution is -2.52. The van der Waals surface area contributed by atoms with Crippen LogP contribution in [0.25, 0.3) is 22.0 Å². The normalized spacial score (nSPS) is 13.5. The van der Waals surface area contributed by atoms with E-state index in [4.69, 9.17) is 42.6 Å². The van der Waals surface area contributed by atoms with E-state index in [2.05, 4.69) is 29.2 Å². The fourth-order valence-corrected chi connectivity index (χ4v) is 5.68. The van der Waals surface area contributed by atoms with E-state index in [1.54, 1.807) is 12.3 Å². The number of ketones is 1. The van der Waals surface area contributed by atoms with Crippen molar-refractivity contribution in [2.45, 2.75) is 19.4 Å². The highest BCUT2D eigenvalue weighted by Gasteiger charge is 2.26. The molecule has 1 aliphatic rings. The highest BCUT2D eigenvalue weighted by Crippen LogP contribution is 2.46. The van der Waals surface area contributed by atoms with Crippen molar-refractivity contribution < 1.29 is 14.3 Å². The zero-order chi connectivity index (χ0) is 29.3. The molecule has 0 spiro atoms. The van der Waals surface area contributed by atoms with Gasteiger partial charge in [0.15, 0.2) is 5.78 Å². The number of aromatic nitrogens is 2. The Labute approximate surface area is 249 Å². The van der Waals surface area contributed by atoms with E-state index in [0.29, 0.717) is 44.4 Å². The predicted octanol–water partition coefficient (Wildman–Crippen LogP) is 6.70. The van der Waals surface area contributed by atoms with E-state index in [1.807, 2.05) is 37.3 Å². The summed E-state index contributed by atoms with van der Waals surface area (Å²) in [6.07, 6.45) is 3.38. The molecule has 1 fully saturated rings. The number of anilines is 3. The molecule has 0 unspecified atom stereocenters. The largest absolute Gasteiger partial charge is 0.495 e. The molecule has 0 bridgehead atoms. The molecule has 4 aromatic rings. The number of hydrogen-bond acceptors (Lipinski definition) is 8. The molecular weight excluding hydrogens is 561 g/mol. The molecular formula is C31H31Cl2N5O3. The number of rotatable bonds is 10. The number of likely N-dealkylation sites (tertiary alicyclic amines) is 1. The van der Waals surface area contributed by atoms with E-state index >= 15 is 0 Å². The molecule has 8 nitrogen and oxygen atoms in total. The van der Waals surface area contributed by atoms with Gasteiger partial charge in [-0.1, -0.05) is 48.0 Å². The molecule has 1 aliphatic heterocycles. The highest BCUT2D eigenvalue weighted by atomic mass is 35.5. The lowest BCUT2D eigenvalue weighted by atomic mass is 10.0. The summed E-state index contributed by atoms with van der Waals surface area (Å²) < 4.78 is 11.0. The Morgan fingerprint density at radius 1 is 1.15 bits per heavy atom. The van der Waals surface area contributed by atoms with Crippen LogP contribution in [0.4, 0.5) is 17.3 Å². The maximum atomic E-state index is 12.1. The molecule has 0 amide bonds. The number of halogens is 2. The van der Waals surface area contributed by atoms with E-state index in [1.165, 1.54) is 20.3 Å². The maximum absolute atomic E-state index is 12.1. The van der Waals surface area contributed by atoms with E-state index < -0.39 is 0 Å². The summed E-state index contributed by atoms with van der Waals surface area (Å²) in [5.74, 6) is 2.12. The van der Waals surface area contributed by atoms with Crippen LogP contribution in [0.2, 0.25) is 10.0 Å². The second-order valence-electron chi connectivity index (χ2n) is 10.1. The summed E-state index contributed by atoms with van der Waals surface area (Å²) in [5.41, 5.74) is 3.79. The predicted molar refractivity (Wildman–Crippen MR) is 166 cm³/mol. The number of nitrogens with one attached hydrogen (secondary N) is 2. The van der Waals surface area contributed by atoms with Crippen molar-refractivity contribution in [3.05, 3.63) is 76.4 Å². The number of carbonyl (C=O) groups excluding carboxylic acids is 1. The van der Waals surface area contributed by atoms with Gasteiger partial charge >= 0.3 is 0 Å². The number of aryl methyl sites for hydroxylation is 1. The Kier molecular flexibility index (Phi) is 8.35. The first kappa shape index (κ1) is 28.7. The smallest absolute Gasteiger partial charge is 0.159 e. The van der Waals surface area contributed by atoms with Crippen molar-refractivity contribution in [1.29, 1.82) is 0 Å². The number of likely N-dealkylation sites (N-methyl/N-ethyl adjacent to an activating group) is 1. The van der Waals surface area contributed by atoms with Crippen LogP contribution >= 0.6 is 23.2 Å². The van der Waals surface area contributed by atoms with Gasteiger partial charge in [0.25, 0.3) is 0 Å². The molecule has 0 aliphatic carbocycles. The molecule has 41 heavy (non-hydrogen) atoms. The number of hydrogen-bond donors (Lipinski definition) is 2. The number of allylic oxidation sites excluding steroid dienone is 1. The van der Waals surface area contributed by atoms with E-state index in [-0.39, 0.29) is 18.2 Å². The maximum Gasteiger partial charge on any atom is 0.159 e. The molecule has 2 aromatic heterocycles. The fourth-order valence-electron chi connectivity index (χ4n) is 4.99. The van der Waals surface area contributed by atoms with Crippen LogP contribution in [0.15, 0.2) is 55.3 Å². The van der Waals surface area contributed by atoms with Gasteiger partial charge in [0, 0.05) is 53.8 Å². The molecule has 1 saturated heterocycles. The van der Waals surface area contributed by atoms with Crippen LogP contribution in [0.1, 0.15) is 11.1 Å². The molecule has 0 atom stereocenters. The molecule has 212 valence electrons. The summed E-state index contributed by atoms with van der Waals surface area (Å²) in [6, 6.07) is 11.6. The van der Waals surface area contributed by atoms with Crippen molar-refractivity contribution in [2.75, 3.05) is 45.0 Å². The standard InChI is InChI=1S/C31H31Cl2N5O3/c1-6-21(39)10-18-9-7-8-17(2)30(18)37-26-12-22-19(14-34-26)11-23(36-31(22)35-20-15-38(3)16-20)27-28(32)24(40-4)13-25(41-5)29(27)33/h6-9,11-14,20H,1,10,15-16H2,2-5H3,(H,34,37)(H,35,36). The topological polar surface area (TPSA) is 88.6 Å². The number of fused-ring (bicyclic) bond motifs is 1. The number of methoxy groups -OCH3 is 2. The third-order valence-corrected chi connectivity index (χ3v) is 7.90. The first-order valence-corrected chi connectivity index (χ1v) is 13.8. The van der Waals surface area contributed by atoms with Crippen molar-refractivity contribution in [1.82, 2.24) is 14.9 Å². The van der Waals surface area contributed by atoms with Gasteiger partial charge in [0.2, 0.25) is 0 Å². The van der Waals surface area contributed by atoms with Gasteiger partial charge in [-0.3, -0.25) is 4.79 Å². The van der Waals surface area contributed by atoms with Crippen LogP contribution in [0.5, 0.6) is 11.5 Å². The summed E-state index contributed by atoms with van der Waals surface area (Å²) in [4.78, 5) is 24.1. The minimum Gasteiger partial charge on any atom is -0.495 e. The first-order chi connectivity index (χ1) is 19.7. The number of ether oxygens (including phenoxy) is 2. The molecule has 2 aromatic carbocycles. The molecule has 2 N–H and O–H groups in total. The van der Waals surface area contributed by atoms with Crippen LogP contribution in [0.3, 0.4) is 0 Å². The van der Waals surface area contributed by atoms with Gasteiger partial charge in [0.1, 0.15) is 23.1 Å². The summed E-state index contributed by atoms with van der Waals surface area (Å²) in [7, 11) is 5.15. The summed E-state index contributed by atoms with van der Waals surface area (Å²) in [5, 5.41) is 9.43. The van der Waals surface area contributed by atoms with Gasteiger partial charge < -0.3 is 25.0 Å². The minimum absolute atomic E-state index is 0.0507. The Morgan fingerprint density at radius 3 is 2.49 bits per heavy atom. The minimum atomic E-state index is -0.0507. The van der Waals surface area contributed by atoms with Crippen LogP contribution in [-0.2, 0) is 11.2 Å². The lowest BCUT2D eigenvalue weighted by molar-refractivity contribution is -0.114. The monoisotopic (exact) mass is 591 g/mol. The lowest BCUT2D eigenvalue weighted by Gasteiger charge is -2.37. The number of benzene rings is 2. The van der Waals surface area contributed by atoms with Gasteiger partial charge in [0.05, 0.1) is 36.0 Å². The number of nitrogens with zero attached hydrogens (tertiary/aromatic N) is 3. The Hall–Kier alpha value is -3.85. The Bertz CT molecular complexity index is 1630. The van der Waals surface area contributed by atoms with Gasteiger partial charge in [-0.25, -0.2) is 9.97 Å². The average Bonchev–Trinajstić information content (AvgIpc) is 2.94. The molecule has 10 heteroatoms. The summed E-state index contributed by atoms with van der Waals surface area (Å²) >= 11 is 13.5. The third-order valence-electron chi connectivity index (χ3n) is 7.15. The second-order valence-corrected chi connectivity index (χ2v) is 10.8. The zero-order valence-electron chi connectivity index (χ0n) is 23.3. The zero-order valence-corrected chi connectivity index (χ0v) is 24.9. The fraction of sp³-hybridized carbons (Fsp3) is 0.258. The van der Waals surface area contributed by atoms with E-state index in [9.17, 15) is 4.79 Å². The van der Waals surface area contributed by atoms with Gasteiger partial charge in [-0.2, -0.15) is 0 Å². The van der Waals surface area contributed by atoms with Crippen LogP contribution in [-0.4, -0.2) is 61.0 Å². The SMILES string of the molecule is C=CC(=O)Cc1cccc(C)c1Nc1cc2c(NC3CN(C)C3)nc(-c3c(Cl)c(OC)cc(OC)c3Cl)cc2cn1. The van der Waals surface area contributed by atoms with Crippen LogP contribution < -0.4 is 20.1 Å². The van der Waals surface area contributed by atoms with E-state index in [0.717, 1.165) is 40.7 Å². The number of carbonyl (C=O) groups is 1. The molecule has 0 radical (unpaired) electrons. The third kappa shape index (κ3) is 5.81.